The summed E-state index contributed by atoms with van der Waals surface area (Å²) in [4.78, 5) is 35.4. The van der Waals surface area contributed by atoms with Crippen molar-refractivity contribution < 1.29 is 14.3 Å². The molecule has 1 amide bonds. The van der Waals surface area contributed by atoms with E-state index in [-0.39, 0.29) is 5.91 Å². The first-order chi connectivity index (χ1) is 13.5. The molecule has 3 rings (SSSR count). The van der Waals surface area contributed by atoms with Crippen LogP contribution in [0.2, 0.25) is 0 Å². The van der Waals surface area contributed by atoms with Gasteiger partial charge < -0.3 is 15.0 Å². The standard InChI is InChI=1S/C21H26N4O3/c1-4-17-7-5-6-12-25(17)19-13-18(22-14(2)23-19)20(26)24-16-10-8-15(9-11-16)21(27)28-3/h8-11,13,17H,4-7,12H2,1-3H3,(H,24,26). The molecule has 0 saturated carbocycles. The number of hydrogen-bond donors (Lipinski definition) is 1. The van der Waals surface area contributed by atoms with Gasteiger partial charge in [0.25, 0.3) is 5.91 Å². The Morgan fingerprint density at radius 1 is 1.21 bits per heavy atom. The molecule has 7 nitrogen and oxygen atoms in total. The van der Waals surface area contributed by atoms with E-state index in [0.717, 1.165) is 31.6 Å². The summed E-state index contributed by atoms with van der Waals surface area (Å²) < 4.78 is 4.68. The maximum atomic E-state index is 12.7. The number of carbonyl (C=O) groups excluding carboxylic acids is 2. The van der Waals surface area contributed by atoms with Crippen molar-refractivity contribution in [2.75, 3.05) is 23.9 Å². The van der Waals surface area contributed by atoms with Crippen LogP contribution in [0.4, 0.5) is 11.5 Å². The molecule has 0 aliphatic carbocycles. The zero-order valence-corrected chi connectivity index (χ0v) is 16.6. The monoisotopic (exact) mass is 382 g/mol. The van der Waals surface area contributed by atoms with E-state index in [2.05, 4.69) is 31.8 Å². The highest BCUT2D eigenvalue weighted by atomic mass is 16.5. The Balaban J connectivity index is 1.78. The molecule has 1 atom stereocenters. The fourth-order valence-corrected chi connectivity index (χ4v) is 3.54. The molecule has 1 aliphatic heterocycles. The Morgan fingerprint density at radius 3 is 2.64 bits per heavy atom. The van der Waals surface area contributed by atoms with Gasteiger partial charge in [-0.15, -0.1) is 0 Å². The van der Waals surface area contributed by atoms with E-state index in [0.29, 0.717) is 28.8 Å². The number of ether oxygens (including phenoxy) is 1. The van der Waals surface area contributed by atoms with Crippen molar-refractivity contribution in [3.8, 4) is 0 Å². The highest BCUT2D eigenvalue weighted by Crippen LogP contribution is 2.25. The van der Waals surface area contributed by atoms with E-state index in [1.54, 1.807) is 37.3 Å². The minimum atomic E-state index is -0.416. The molecule has 1 aromatic heterocycles. The van der Waals surface area contributed by atoms with Crippen LogP contribution in [0.15, 0.2) is 30.3 Å². The van der Waals surface area contributed by atoms with Crippen LogP contribution in [-0.4, -0.2) is 41.5 Å². The number of piperidine rings is 1. The molecular weight excluding hydrogens is 356 g/mol. The van der Waals surface area contributed by atoms with Crippen molar-refractivity contribution in [1.82, 2.24) is 9.97 Å². The van der Waals surface area contributed by atoms with E-state index in [1.165, 1.54) is 13.5 Å². The van der Waals surface area contributed by atoms with Gasteiger partial charge in [0, 0.05) is 24.3 Å². The lowest BCUT2D eigenvalue weighted by atomic mass is 10.00. The number of benzene rings is 1. The summed E-state index contributed by atoms with van der Waals surface area (Å²) in [5, 5.41) is 2.83. The van der Waals surface area contributed by atoms with Gasteiger partial charge in [-0.1, -0.05) is 6.92 Å². The molecule has 2 aromatic rings. The number of anilines is 2. The Kier molecular flexibility index (Phi) is 6.23. The molecule has 1 saturated heterocycles. The third-order valence-electron chi connectivity index (χ3n) is 5.01. The molecule has 28 heavy (non-hydrogen) atoms. The summed E-state index contributed by atoms with van der Waals surface area (Å²) in [6.07, 6.45) is 4.56. The molecule has 1 N–H and O–H groups in total. The van der Waals surface area contributed by atoms with E-state index >= 15 is 0 Å². The zero-order chi connectivity index (χ0) is 20.1. The fraction of sp³-hybridized carbons (Fsp3) is 0.429. The number of aromatic nitrogens is 2. The normalized spacial score (nSPS) is 16.5. The van der Waals surface area contributed by atoms with Gasteiger partial charge in [0.05, 0.1) is 12.7 Å². The summed E-state index contributed by atoms with van der Waals surface area (Å²) in [7, 11) is 1.33. The third-order valence-corrected chi connectivity index (χ3v) is 5.01. The van der Waals surface area contributed by atoms with Crippen LogP contribution in [0.25, 0.3) is 0 Å². The van der Waals surface area contributed by atoms with Crippen molar-refractivity contribution in [3.05, 3.63) is 47.4 Å². The van der Waals surface area contributed by atoms with Gasteiger partial charge >= 0.3 is 5.97 Å². The van der Waals surface area contributed by atoms with Crippen LogP contribution in [0, 0.1) is 6.92 Å². The Labute approximate surface area is 165 Å². The lowest BCUT2D eigenvalue weighted by Crippen LogP contribution is -2.40. The molecular formula is C21H26N4O3. The number of amides is 1. The number of methoxy groups -OCH3 is 1. The molecule has 1 aliphatic rings. The molecule has 0 radical (unpaired) electrons. The summed E-state index contributed by atoms with van der Waals surface area (Å²) in [5.41, 5.74) is 1.34. The topological polar surface area (TPSA) is 84.4 Å². The summed E-state index contributed by atoms with van der Waals surface area (Å²) in [6, 6.07) is 8.76. The summed E-state index contributed by atoms with van der Waals surface area (Å²) in [5.74, 6) is 0.665. The highest BCUT2D eigenvalue weighted by molar-refractivity contribution is 6.03. The number of nitrogens with zero attached hydrogens (tertiary/aromatic N) is 3. The average Bonchev–Trinajstić information content (AvgIpc) is 2.73. The van der Waals surface area contributed by atoms with Crippen molar-refractivity contribution >= 4 is 23.4 Å². The quantitative estimate of drug-likeness (QED) is 0.796. The summed E-state index contributed by atoms with van der Waals surface area (Å²) >= 11 is 0. The van der Waals surface area contributed by atoms with Crippen LogP contribution < -0.4 is 10.2 Å². The molecule has 1 aromatic carbocycles. The van der Waals surface area contributed by atoms with E-state index in [1.807, 2.05) is 0 Å². The van der Waals surface area contributed by atoms with E-state index < -0.39 is 5.97 Å². The second kappa shape index (κ2) is 8.82. The molecule has 1 fully saturated rings. The second-order valence-electron chi connectivity index (χ2n) is 6.93. The van der Waals surface area contributed by atoms with Gasteiger partial charge in [-0.25, -0.2) is 14.8 Å². The average molecular weight is 382 g/mol. The largest absolute Gasteiger partial charge is 0.465 e. The van der Waals surface area contributed by atoms with Crippen molar-refractivity contribution in [2.24, 2.45) is 0 Å². The predicted molar refractivity (Wildman–Crippen MR) is 108 cm³/mol. The first kappa shape index (κ1) is 19.8. The third kappa shape index (κ3) is 4.47. The lowest BCUT2D eigenvalue weighted by Gasteiger charge is -2.36. The zero-order valence-electron chi connectivity index (χ0n) is 16.6. The number of carbonyl (C=O) groups is 2. The number of rotatable bonds is 5. The Morgan fingerprint density at radius 2 is 1.96 bits per heavy atom. The smallest absolute Gasteiger partial charge is 0.337 e. The van der Waals surface area contributed by atoms with Gasteiger partial charge in [0.1, 0.15) is 17.3 Å². The first-order valence-corrected chi connectivity index (χ1v) is 9.64. The highest BCUT2D eigenvalue weighted by Gasteiger charge is 2.23. The van der Waals surface area contributed by atoms with Crippen molar-refractivity contribution in [1.29, 1.82) is 0 Å². The van der Waals surface area contributed by atoms with Crippen molar-refractivity contribution in [3.63, 3.8) is 0 Å². The van der Waals surface area contributed by atoms with Gasteiger partial charge in [-0.2, -0.15) is 0 Å². The molecule has 7 heteroatoms. The van der Waals surface area contributed by atoms with Gasteiger partial charge in [0.15, 0.2) is 0 Å². The minimum Gasteiger partial charge on any atom is -0.465 e. The van der Waals surface area contributed by atoms with Crippen LogP contribution >= 0.6 is 0 Å². The number of hydrogen-bond acceptors (Lipinski definition) is 6. The Bertz CT molecular complexity index is 851. The van der Waals surface area contributed by atoms with Crippen molar-refractivity contribution in [2.45, 2.75) is 45.6 Å². The fourth-order valence-electron chi connectivity index (χ4n) is 3.54. The van der Waals surface area contributed by atoms with Gasteiger partial charge in [0.2, 0.25) is 0 Å². The van der Waals surface area contributed by atoms with E-state index in [4.69, 9.17) is 0 Å². The van der Waals surface area contributed by atoms with Crippen LogP contribution in [-0.2, 0) is 4.74 Å². The molecule has 0 spiro atoms. The maximum absolute atomic E-state index is 12.7. The predicted octanol–water partition coefficient (Wildman–Crippen LogP) is 3.59. The number of aryl methyl sites for hydroxylation is 1. The van der Waals surface area contributed by atoms with E-state index in [9.17, 15) is 9.59 Å². The van der Waals surface area contributed by atoms with Gasteiger partial charge in [-0.3, -0.25) is 4.79 Å². The minimum absolute atomic E-state index is 0.303. The Hall–Kier alpha value is -2.96. The lowest BCUT2D eigenvalue weighted by molar-refractivity contribution is 0.0600. The van der Waals surface area contributed by atoms with Gasteiger partial charge in [-0.05, 0) is 56.9 Å². The van der Waals surface area contributed by atoms with Crippen LogP contribution in [0.1, 0.15) is 59.3 Å². The first-order valence-electron chi connectivity index (χ1n) is 9.64. The summed E-state index contributed by atoms with van der Waals surface area (Å²) in [6.45, 7) is 4.93. The van der Waals surface area contributed by atoms with Crippen LogP contribution in [0.3, 0.4) is 0 Å². The number of esters is 1. The number of nitrogens with one attached hydrogen (secondary N) is 1. The SMILES string of the molecule is CCC1CCCCN1c1cc(C(=O)Nc2ccc(C(=O)OC)cc2)nc(C)n1. The molecule has 1 unspecified atom stereocenters. The maximum Gasteiger partial charge on any atom is 0.337 e. The molecule has 0 bridgehead atoms. The second-order valence-corrected chi connectivity index (χ2v) is 6.93. The molecule has 148 valence electrons. The molecule has 2 heterocycles. The van der Waals surface area contributed by atoms with Crippen LogP contribution in [0.5, 0.6) is 0 Å².